The lowest BCUT2D eigenvalue weighted by Gasteiger charge is -1.98. The number of guanidine groups is 1. The Bertz CT molecular complexity index is 121. The smallest absolute Gasteiger partial charge is 0.186 e. The fourth-order valence-corrected chi connectivity index (χ4v) is 0.319. The third-order valence-corrected chi connectivity index (χ3v) is 0.870. The van der Waals surface area contributed by atoms with Crippen LogP contribution in [0.3, 0.4) is 0 Å². The van der Waals surface area contributed by atoms with Crippen LogP contribution < -0.4 is 11.1 Å². The van der Waals surface area contributed by atoms with Crippen molar-refractivity contribution in [3.8, 4) is 0 Å². The SMILES string of the molecule is CCC(=O)CNC(=N)N. The lowest BCUT2D eigenvalue weighted by molar-refractivity contribution is -0.117. The minimum atomic E-state index is -0.156. The van der Waals surface area contributed by atoms with Crippen molar-refractivity contribution in [2.45, 2.75) is 13.3 Å². The molecule has 0 aliphatic carbocycles. The molecule has 0 radical (unpaired) electrons. The normalized spacial score (nSPS) is 8.56. The molecule has 9 heavy (non-hydrogen) atoms. The first-order valence-electron chi connectivity index (χ1n) is 2.76. The summed E-state index contributed by atoms with van der Waals surface area (Å²) in [6.45, 7) is 1.94. The van der Waals surface area contributed by atoms with Gasteiger partial charge in [0.15, 0.2) is 11.7 Å². The molecule has 0 amide bonds. The third-order valence-electron chi connectivity index (χ3n) is 0.870. The number of nitrogens with two attached hydrogens (primary N) is 1. The molecule has 0 aromatic carbocycles. The number of Topliss-reactive ketones (excluding diaryl/α,β-unsaturated/α-hetero) is 1. The van der Waals surface area contributed by atoms with Gasteiger partial charge in [-0.1, -0.05) is 6.92 Å². The molecule has 0 heterocycles. The van der Waals surface area contributed by atoms with Gasteiger partial charge in [0.25, 0.3) is 0 Å². The van der Waals surface area contributed by atoms with Gasteiger partial charge in [0.05, 0.1) is 6.54 Å². The summed E-state index contributed by atoms with van der Waals surface area (Å²) >= 11 is 0. The minimum absolute atomic E-state index is 0.0604. The van der Waals surface area contributed by atoms with Crippen LogP contribution in [0, 0.1) is 5.41 Å². The maximum absolute atomic E-state index is 10.5. The van der Waals surface area contributed by atoms with Crippen molar-refractivity contribution in [2.24, 2.45) is 5.73 Å². The van der Waals surface area contributed by atoms with Crippen molar-refractivity contribution in [1.82, 2.24) is 5.32 Å². The zero-order valence-electron chi connectivity index (χ0n) is 5.40. The fourth-order valence-electron chi connectivity index (χ4n) is 0.319. The van der Waals surface area contributed by atoms with E-state index >= 15 is 0 Å². The number of hydrogen-bond acceptors (Lipinski definition) is 2. The van der Waals surface area contributed by atoms with E-state index in [9.17, 15) is 4.79 Å². The predicted molar refractivity (Wildman–Crippen MR) is 35.2 cm³/mol. The Morgan fingerprint density at radius 2 is 2.33 bits per heavy atom. The Kier molecular flexibility index (Phi) is 3.43. The molecular formula is C5H11N3O. The van der Waals surface area contributed by atoms with E-state index in [4.69, 9.17) is 11.1 Å². The molecule has 0 saturated heterocycles. The minimum Gasteiger partial charge on any atom is -0.370 e. The second-order valence-corrected chi connectivity index (χ2v) is 1.66. The Morgan fingerprint density at radius 1 is 1.78 bits per heavy atom. The standard InChI is InChI=1S/C5H11N3O/c1-2-4(9)3-8-5(6)7/h2-3H2,1H3,(H4,6,7,8). The lowest BCUT2D eigenvalue weighted by Crippen LogP contribution is -2.34. The highest BCUT2D eigenvalue weighted by Crippen LogP contribution is 1.75. The molecule has 0 rings (SSSR count). The molecule has 4 heteroatoms. The molecule has 0 aliphatic rings. The van der Waals surface area contributed by atoms with Crippen LogP contribution in [-0.2, 0) is 4.79 Å². The van der Waals surface area contributed by atoms with E-state index in [-0.39, 0.29) is 18.3 Å². The van der Waals surface area contributed by atoms with Crippen LogP contribution in [0.2, 0.25) is 0 Å². The highest BCUT2D eigenvalue weighted by atomic mass is 16.1. The summed E-state index contributed by atoms with van der Waals surface area (Å²) in [5.74, 6) is -0.0954. The van der Waals surface area contributed by atoms with Crippen LogP contribution in [0.4, 0.5) is 0 Å². The molecule has 4 N–H and O–H groups in total. The fraction of sp³-hybridized carbons (Fsp3) is 0.600. The van der Waals surface area contributed by atoms with Crippen LogP contribution in [0.15, 0.2) is 0 Å². The van der Waals surface area contributed by atoms with E-state index in [2.05, 4.69) is 5.32 Å². The monoisotopic (exact) mass is 129 g/mol. The van der Waals surface area contributed by atoms with Crippen LogP contribution in [0.5, 0.6) is 0 Å². The van der Waals surface area contributed by atoms with Crippen molar-refractivity contribution < 1.29 is 4.79 Å². The van der Waals surface area contributed by atoms with Gasteiger partial charge < -0.3 is 11.1 Å². The molecule has 0 atom stereocenters. The number of ketones is 1. The molecule has 0 spiro atoms. The average molecular weight is 129 g/mol. The second-order valence-electron chi connectivity index (χ2n) is 1.66. The highest BCUT2D eigenvalue weighted by Gasteiger charge is 1.95. The quantitative estimate of drug-likeness (QED) is 0.353. The molecule has 0 saturated carbocycles. The van der Waals surface area contributed by atoms with Crippen LogP contribution in [0.1, 0.15) is 13.3 Å². The van der Waals surface area contributed by atoms with E-state index in [1.807, 2.05) is 0 Å². The molecular weight excluding hydrogens is 118 g/mol. The first-order valence-corrected chi connectivity index (χ1v) is 2.76. The summed E-state index contributed by atoms with van der Waals surface area (Å²) in [4.78, 5) is 10.5. The molecule has 52 valence electrons. The van der Waals surface area contributed by atoms with Crippen LogP contribution in [0.25, 0.3) is 0 Å². The topological polar surface area (TPSA) is 79.0 Å². The number of carbonyl (C=O) groups excluding carboxylic acids is 1. The average Bonchev–Trinajstić information content (AvgIpc) is 1.83. The van der Waals surface area contributed by atoms with E-state index in [0.717, 1.165) is 0 Å². The summed E-state index contributed by atoms with van der Waals surface area (Å²) in [7, 11) is 0. The van der Waals surface area contributed by atoms with Crippen molar-refractivity contribution >= 4 is 11.7 Å². The van der Waals surface area contributed by atoms with Crippen LogP contribution >= 0.6 is 0 Å². The first-order chi connectivity index (χ1) is 4.16. The third kappa shape index (κ3) is 4.80. The zero-order chi connectivity index (χ0) is 7.28. The van der Waals surface area contributed by atoms with Gasteiger partial charge in [0.1, 0.15) is 0 Å². The summed E-state index contributed by atoms with van der Waals surface area (Å²) in [6.07, 6.45) is 0.486. The number of carbonyl (C=O) groups is 1. The molecule has 4 nitrogen and oxygen atoms in total. The Labute approximate surface area is 53.9 Å². The number of nitrogens with one attached hydrogen (secondary N) is 2. The van der Waals surface area contributed by atoms with Crippen LogP contribution in [-0.4, -0.2) is 18.3 Å². The largest absolute Gasteiger partial charge is 0.370 e. The van der Waals surface area contributed by atoms with Gasteiger partial charge in [-0.05, 0) is 0 Å². The summed E-state index contributed by atoms with van der Waals surface area (Å²) in [5, 5.41) is 9.08. The predicted octanol–water partition coefficient (Wildman–Crippen LogP) is -0.551. The van der Waals surface area contributed by atoms with E-state index in [1.54, 1.807) is 6.92 Å². The highest BCUT2D eigenvalue weighted by molar-refractivity contribution is 5.85. The molecule has 0 aliphatic heterocycles. The van der Waals surface area contributed by atoms with Gasteiger partial charge >= 0.3 is 0 Å². The lowest BCUT2D eigenvalue weighted by atomic mass is 10.3. The van der Waals surface area contributed by atoms with Gasteiger partial charge in [-0.15, -0.1) is 0 Å². The van der Waals surface area contributed by atoms with Gasteiger partial charge in [-0.25, -0.2) is 0 Å². The van der Waals surface area contributed by atoms with Crippen molar-refractivity contribution in [2.75, 3.05) is 6.54 Å². The zero-order valence-corrected chi connectivity index (χ0v) is 5.40. The molecule has 0 unspecified atom stereocenters. The summed E-state index contributed by atoms with van der Waals surface area (Å²) < 4.78 is 0. The van der Waals surface area contributed by atoms with Gasteiger partial charge in [0.2, 0.25) is 0 Å². The maximum Gasteiger partial charge on any atom is 0.186 e. The maximum atomic E-state index is 10.5. The molecule has 0 aromatic heterocycles. The van der Waals surface area contributed by atoms with E-state index < -0.39 is 0 Å². The summed E-state index contributed by atoms with van der Waals surface area (Å²) in [5.41, 5.74) is 4.92. The van der Waals surface area contributed by atoms with Gasteiger partial charge in [0, 0.05) is 6.42 Å². The number of hydrogen-bond donors (Lipinski definition) is 3. The Balaban J connectivity index is 3.28. The Hall–Kier alpha value is -1.06. The van der Waals surface area contributed by atoms with Crippen molar-refractivity contribution in [3.05, 3.63) is 0 Å². The molecule has 0 bridgehead atoms. The number of rotatable bonds is 3. The first kappa shape index (κ1) is 7.94. The van der Waals surface area contributed by atoms with Gasteiger partial charge in [-0.3, -0.25) is 10.2 Å². The van der Waals surface area contributed by atoms with E-state index in [0.29, 0.717) is 6.42 Å². The molecule has 0 aromatic rings. The van der Waals surface area contributed by atoms with Crippen molar-refractivity contribution in [1.29, 1.82) is 5.41 Å². The second kappa shape index (κ2) is 3.88. The van der Waals surface area contributed by atoms with Crippen molar-refractivity contribution in [3.63, 3.8) is 0 Å². The summed E-state index contributed by atoms with van der Waals surface area (Å²) in [6, 6.07) is 0. The Morgan fingerprint density at radius 3 is 2.67 bits per heavy atom. The molecule has 0 fully saturated rings. The van der Waals surface area contributed by atoms with Gasteiger partial charge in [-0.2, -0.15) is 0 Å². The van der Waals surface area contributed by atoms with E-state index in [1.165, 1.54) is 0 Å².